The summed E-state index contributed by atoms with van der Waals surface area (Å²) in [5, 5.41) is 0. The average molecular weight is 377 g/mol. The summed E-state index contributed by atoms with van der Waals surface area (Å²) in [4.78, 5) is 25.2. The van der Waals surface area contributed by atoms with Crippen LogP contribution in [0, 0.1) is 5.92 Å². The maximum Gasteiger partial charge on any atom is 0.358 e. The molecule has 0 amide bonds. The largest absolute Gasteiger partial charge is 0.358 e. The van der Waals surface area contributed by atoms with Gasteiger partial charge in [0, 0.05) is 4.91 Å². The lowest BCUT2D eigenvalue weighted by Gasteiger charge is -2.27. The van der Waals surface area contributed by atoms with Crippen LogP contribution in [0.25, 0.3) is 0 Å². The molecule has 2 N–H and O–H groups in total. The fourth-order valence-corrected chi connectivity index (χ4v) is 5.52. The van der Waals surface area contributed by atoms with Crippen LogP contribution in [-0.2, 0) is 9.30 Å². The van der Waals surface area contributed by atoms with Gasteiger partial charge < -0.3 is 14.5 Å². The van der Waals surface area contributed by atoms with Crippen molar-refractivity contribution in [3.63, 3.8) is 0 Å². The summed E-state index contributed by atoms with van der Waals surface area (Å²) in [7, 11) is -4.46. The van der Waals surface area contributed by atoms with Gasteiger partial charge in [0.1, 0.15) is 0 Å². The van der Waals surface area contributed by atoms with Crippen molar-refractivity contribution in [1.82, 2.24) is 0 Å². The molecule has 0 fully saturated rings. The highest BCUT2D eigenvalue weighted by atomic mass is 32.2. The number of thioether (sulfide) groups is 1. The van der Waals surface area contributed by atoms with Crippen LogP contribution in [0.15, 0.2) is 58.0 Å². The number of fused-ring (bicyclic) bond motifs is 3. The van der Waals surface area contributed by atoms with Crippen molar-refractivity contribution in [2.75, 3.05) is 0 Å². The predicted octanol–water partition coefficient (Wildman–Crippen LogP) is 4.37. The first-order valence-electron chi connectivity index (χ1n) is 8.43. The topological polar surface area (TPSA) is 79.1 Å². The van der Waals surface area contributed by atoms with Crippen LogP contribution < -0.4 is 0 Å². The van der Waals surface area contributed by atoms with E-state index in [-0.39, 0.29) is 0 Å². The number of nitrogens with zero attached hydrogens (tertiary/aromatic N) is 1. The lowest BCUT2D eigenvalue weighted by atomic mass is 9.80. The first-order chi connectivity index (χ1) is 12.0. The third-order valence-electron chi connectivity index (χ3n) is 4.75. The lowest BCUT2D eigenvalue weighted by Crippen LogP contribution is -2.19. The Hall–Kier alpha value is -1.17. The molecule has 1 aromatic carbocycles. The highest BCUT2D eigenvalue weighted by molar-refractivity contribution is 8.04. The highest BCUT2D eigenvalue weighted by Gasteiger charge is 2.39. The standard InChI is InChI=1S/C18H20NO4PS/c20-24(21,22)17(13-7-2-1-3-8-13)23-18-19-16-14-9-5-4-6-12(14)10-11-15(16)25-18/h1-3,7-9,11-12,17-18H,4-6,10H2,(H2,20,21,22). The minimum atomic E-state index is -4.46. The van der Waals surface area contributed by atoms with E-state index < -0.39 is 19.0 Å². The lowest BCUT2D eigenvalue weighted by molar-refractivity contribution is 0.0728. The van der Waals surface area contributed by atoms with Gasteiger partial charge in [-0.3, -0.25) is 4.57 Å². The smallest absolute Gasteiger partial charge is 0.326 e. The average Bonchev–Trinajstić information content (AvgIpc) is 3.03. The van der Waals surface area contributed by atoms with Crippen molar-refractivity contribution in [3.05, 3.63) is 58.5 Å². The Bertz CT molecular complexity index is 799. The van der Waals surface area contributed by atoms with E-state index in [2.05, 4.69) is 17.1 Å². The molecule has 132 valence electrons. The number of aliphatic imine (C=N–C) groups is 1. The monoisotopic (exact) mass is 377 g/mol. The van der Waals surface area contributed by atoms with E-state index >= 15 is 0 Å². The molecule has 3 atom stereocenters. The van der Waals surface area contributed by atoms with Crippen molar-refractivity contribution in [3.8, 4) is 0 Å². The van der Waals surface area contributed by atoms with E-state index in [4.69, 9.17) is 4.74 Å². The quantitative estimate of drug-likeness (QED) is 0.762. The van der Waals surface area contributed by atoms with Crippen molar-refractivity contribution in [2.24, 2.45) is 10.9 Å². The first-order valence-corrected chi connectivity index (χ1v) is 11.0. The Morgan fingerprint density at radius 2 is 2.04 bits per heavy atom. The van der Waals surface area contributed by atoms with E-state index in [1.807, 2.05) is 0 Å². The first kappa shape index (κ1) is 17.3. The molecule has 25 heavy (non-hydrogen) atoms. The fraction of sp³-hybridized carbons (Fsp3) is 0.389. The van der Waals surface area contributed by atoms with Gasteiger partial charge in [0.15, 0.2) is 5.85 Å². The van der Waals surface area contributed by atoms with E-state index in [9.17, 15) is 14.4 Å². The van der Waals surface area contributed by atoms with Crippen LogP contribution in [0.2, 0.25) is 0 Å². The number of allylic oxidation sites excluding steroid dienone is 4. The third-order valence-corrected chi connectivity index (χ3v) is 6.82. The van der Waals surface area contributed by atoms with Gasteiger partial charge in [-0.2, -0.15) is 0 Å². The van der Waals surface area contributed by atoms with E-state index in [0.29, 0.717) is 11.5 Å². The molecule has 0 aromatic heterocycles. The molecule has 5 nitrogen and oxygen atoms in total. The summed E-state index contributed by atoms with van der Waals surface area (Å²) < 4.78 is 17.7. The van der Waals surface area contributed by atoms with Crippen LogP contribution in [0.3, 0.4) is 0 Å². The van der Waals surface area contributed by atoms with Crippen LogP contribution in [0.5, 0.6) is 0 Å². The molecule has 4 rings (SSSR count). The SMILES string of the molecule is O=P(O)(O)C(OC1N=C2C(=CCC3CCCC=C23)S1)c1ccccc1. The number of hydrogen-bond donors (Lipinski definition) is 2. The Morgan fingerprint density at radius 3 is 2.80 bits per heavy atom. The molecule has 0 bridgehead atoms. The molecule has 0 saturated heterocycles. The van der Waals surface area contributed by atoms with Gasteiger partial charge in [0.25, 0.3) is 0 Å². The van der Waals surface area contributed by atoms with Crippen molar-refractivity contribution < 1.29 is 19.1 Å². The summed E-state index contributed by atoms with van der Waals surface area (Å²) in [5.41, 5.74) is 2.09. The number of ether oxygens (including phenoxy) is 1. The maximum atomic E-state index is 11.9. The second kappa shape index (κ2) is 6.86. The summed E-state index contributed by atoms with van der Waals surface area (Å²) >= 11 is 1.44. The molecule has 1 heterocycles. The molecule has 2 aliphatic carbocycles. The third kappa shape index (κ3) is 3.55. The molecular formula is C18H20NO4PS. The fourth-order valence-electron chi connectivity index (χ4n) is 3.59. The minimum absolute atomic E-state index is 0.468. The molecule has 0 spiro atoms. The molecule has 3 aliphatic rings. The van der Waals surface area contributed by atoms with Crippen LogP contribution >= 0.6 is 19.4 Å². The van der Waals surface area contributed by atoms with Gasteiger partial charge in [-0.05, 0) is 42.7 Å². The van der Waals surface area contributed by atoms with E-state index in [0.717, 1.165) is 23.5 Å². The van der Waals surface area contributed by atoms with Gasteiger partial charge in [0.05, 0.1) is 5.71 Å². The highest BCUT2D eigenvalue weighted by Crippen LogP contribution is 2.55. The van der Waals surface area contributed by atoms with Gasteiger partial charge >= 0.3 is 7.60 Å². The number of hydrogen-bond acceptors (Lipinski definition) is 4. The second-order valence-corrected chi connectivity index (χ2v) is 9.21. The number of rotatable bonds is 4. The van der Waals surface area contributed by atoms with Crippen LogP contribution in [-0.4, -0.2) is 21.1 Å². The minimum Gasteiger partial charge on any atom is -0.326 e. The molecule has 1 aromatic rings. The molecular weight excluding hydrogens is 357 g/mol. The summed E-state index contributed by atoms with van der Waals surface area (Å²) in [6.45, 7) is 0. The molecule has 1 aliphatic heterocycles. The Morgan fingerprint density at radius 1 is 1.24 bits per heavy atom. The zero-order chi connectivity index (χ0) is 17.4. The number of benzene rings is 1. The van der Waals surface area contributed by atoms with E-state index in [1.165, 1.54) is 30.2 Å². The predicted molar refractivity (Wildman–Crippen MR) is 99.3 cm³/mol. The zero-order valence-electron chi connectivity index (χ0n) is 13.6. The normalized spacial score (nSPS) is 26.9. The zero-order valence-corrected chi connectivity index (χ0v) is 15.3. The Labute approximate surface area is 151 Å². The van der Waals surface area contributed by atoms with Gasteiger partial charge in [-0.25, -0.2) is 4.99 Å². The van der Waals surface area contributed by atoms with Crippen molar-refractivity contribution in [2.45, 2.75) is 37.1 Å². The van der Waals surface area contributed by atoms with Gasteiger partial charge in [-0.15, -0.1) is 0 Å². The van der Waals surface area contributed by atoms with Crippen molar-refractivity contribution in [1.29, 1.82) is 0 Å². The summed E-state index contributed by atoms with van der Waals surface area (Å²) in [5.74, 6) is -0.769. The second-order valence-electron chi connectivity index (χ2n) is 6.48. The summed E-state index contributed by atoms with van der Waals surface area (Å²) in [6.07, 6.45) is 8.94. The maximum absolute atomic E-state index is 11.9. The van der Waals surface area contributed by atoms with Crippen molar-refractivity contribution >= 4 is 25.1 Å². The Kier molecular flexibility index (Phi) is 4.73. The van der Waals surface area contributed by atoms with Gasteiger partial charge in [-0.1, -0.05) is 54.2 Å². The molecule has 0 saturated carbocycles. The van der Waals surface area contributed by atoms with Crippen LogP contribution in [0.1, 0.15) is 37.1 Å². The van der Waals surface area contributed by atoms with Crippen LogP contribution in [0.4, 0.5) is 0 Å². The van der Waals surface area contributed by atoms with Gasteiger partial charge in [0.2, 0.25) is 5.56 Å². The molecule has 3 unspecified atom stereocenters. The van der Waals surface area contributed by atoms with E-state index in [1.54, 1.807) is 30.3 Å². The molecule has 0 radical (unpaired) electrons. The molecule has 7 heteroatoms. The Balaban J connectivity index is 1.60. The summed E-state index contributed by atoms with van der Waals surface area (Å²) in [6, 6.07) is 8.63.